The maximum absolute atomic E-state index is 12.7. The Morgan fingerprint density at radius 1 is 1.31 bits per heavy atom. The fraction of sp³-hybridized carbons (Fsp3) is 0.167. The fourth-order valence-corrected chi connectivity index (χ4v) is 1.53. The van der Waals surface area contributed by atoms with Crippen LogP contribution < -0.4 is 0 Å². The van der Waals surface area contributed by atoms with Gasteiger partial charge in [-0.15, -0.1) is 0 Å². The highest BCUT2D eigenvalue weighted by molar-refractivity contribution is 5.95. The Kier molecular flexibility index (Phi) is 2.81. The fourth-order valence-electron chi connectivity index (χ4n) is 1.53. The largest absolute Gasteiger partial charge is 0.292 e. The maximum Gasteiger partial charge on any atom is 0.185 e. The molecular formula is C12H11FN2O. The zero-order valence-corrected chi connectivity index (χ0v) is 8.85. The third kappa shape index (κ3) is 2.16. The monoisotopic (exact) mass is 218 g/mol. The van der Waals surface area contributed by atoms with Crippen LogP contribution in [0.4, 0.5) is 4.39 Å². The van der Waals surface area contributed by atoms with Gasteiger partial charge in [-0.25, -0.2) is 4.39 Å². The van der Waals surface area contributed by atoms with Crippen LogP contribution in [0.25, 0.3) is 0 Å². The Balaban J connectivity index is 2.14. The van der Waals surface area contributed by atoms with E-state index in [2.05, 4.69) is 5.10 Å². The summed E-state index contributed by atoms with van der Waals surface area (Å²) in [4.78, 5) is 11.8. The first kappa shape index (κ1) is 10.5. The molecule has 0 amide bonds. The molecule has 0 spiro atoms. The third-order valence-corrected chi connectivity index (χ3v) is 2.38. The van der Waals surface area contributed by atoms with E-state index in [-0.39, 0.29) is 18.0 Å². The Bertz CT molecular complexity index is 502. The van der Waals surface area contributed by atoms with Crippen molar-refractivity contribution < 1.29 is 9.18 Å². The van der Waals surface area contributed by atoms with E-state index in [1.54, 1.807) is 31.4 Å². The molecule has 2 aromatic rings. The summed E-state index contributed by atoms with van der Waals surface area (Å²) < 4.78 is 14.2. The zero-order valence-electron chi connectivity index (χ0n) is 8.85. The lowest BCUT2D eigenvalue weighted by atomic mass is 10.1. The summed E-state index contributed by atoms with van der Waals surface area (Å²) in [6.07, 6.45) is 1.84. The molecule has 4 heteroatoms. The van der Waals surface area contributed by atoms with E-state index in [0.717, 1.165) is 5.56 Å². The summed E-state index contributed by atoms with van der Waals surface area (Å²) in [7, 11) is 1.72. The standard InChI is InChI=1S/C12H11FN2O/c1-15-11(6-7-14-15)12(16)8-9-2-4-10(13)5-3-9/h2-7H,8H2,1H3. The highest BCUT2D eigenvalue weighted by Gasteiger charge is 2.10. The summed E-state index contributed by atoms with van der Waals surface area (Å²) in [5.41, 5.74) is 1.36. The van der Waals surface area contributed by atoms with Crippen molar-refractivity contribution in [3.05, 3.63) is 53.6 Å². The van der Waals surface area contributed by atoms with Crippen LogP contribution in [0.1, 0.15) is 16.1 Å². The Labute approximate surface area is 92.5 Å². The smallest absolute Gasteiger partial charge is 0.185 e. The van der Waals surface area contributed by atoms with Crippen molar-refractivity contribution in [2.24, 2.45) is 7.05 Å². The van der Waals surface area contributed by atoms with Crippen LogP contribution in [0.2, 0.25) is 0 Å². The minimum atomic E-state index is -0.295. The summed E-state index contributed by atoms with van der Waals surface area (Å²) >= 11 is 0. The third-order valence-electron chi connectivity index (χ3n) is 2.38. The summed E-state index contributed by atoms with van der Waals surface area (Å²) in [5.74, 6) is -0.316. The molecule has 0 radical (unpaired) electrons. The molecule has 0 saturated heterocycles. The van der Waals surface area contributed by atoms with Crippen molar-refractivity contribution >= 4 is 5.78 Å². The first-order chi connectivity index (χ1) is 7.66. The second-order valence-electron chi connectivity index (χ2n) is 3.57. The lowest BCUT2D eigenvalue weighted by molar-refractivity contribution is 0.0984. The van der Waals surface area contributed by atoms with E-state index in [9.17, 15) is 9.18 Å². The minimum Gasteiger partial charge on any atom is -0.292 e. The van der Waals surface area contributed by atoms with Crippen molar-refractivity contribution in [2.75, 3.05) is 0 Å². The van der Waals surface area contributed by atoms with Crippen LogP contribution in [0, 0.1) is 5.82 Å². The van der Waals surface area contributed by atoms with Crippen LogP contribution in [-0.2, 0) is 13.5 Å². The molecule has 0 fully saturated rings. The van der Waals surface area contributed by atoms with Gasteiger partial charge >= 0.3 is 0 Å². The summed E-state index contributed by atoms with van der Waals surface area (Å²) in [6.45, 7) is 0. The normalized spacial score (nSPS) is 10.4. The number of carbonyl (C=O) groups excluding carboxylic acids is 1. The topological polar surface area (TPSA) is 34.9 Å². The number of hydrogen-bond donors (Lipinski definition) is 0. The molecule has 1 aromatic carbocycles. The van der Waals surface area contributed by atoms with Gasteiger partial charge < -0.3 is 0 Å². The van der Waals surface area contributed by atoms with Crippen LogP contribution in [0.5, 0.6) is 0 Å². The molecule has 0 saturated carbocycles. The van der Waals surface area contributed by atoms with Gasteiger partial charge in [0.2, 0.25) is 0 Å². The highest BCUT2D eigenvalue weighted by atomic mass is 19.1. The highest BCUT2D eigenvalue weighted by Crippen LogP contribution is 2.07. The van der Waals surface area contributed by atoms with E-state index in [1.165, 1.54) is 16.8 Å². The molecule has 82 valence electrons. The number of ketones is 1. The molecule has 16 heavy (non-hydrogen) atoms. The first-order valence-electron chi connectivity index (χ1n) is 4.92. The summed E-state index contributed by atoms with van der Waals surface area (Å²) in [6, 6.07) is 7.61. The second kappa shape index (κ2) is 4.26. The number of halogens is 1. The number of Topliss-reactive ketones (excluding diaryl/α,β-unsaturated/α-hetero) is 1. The average Bonchev–Trinajstić information content (AvgIpc) is 2.68. The SMILES string of the molecule is Cn1nccc1C(=O)Cc1ccc(F)cc1. The maximum atomic E-state index is 12.7. The molecule has 0 aliphatic heterocycles. The predicted octanol–water partition coefficient (Wildman–Crippen LogP) is 1.98. The van der Waals surface area contributed by atoms with Crippen LogP contribution in [0.15, 0.2) is 36.5 Å². The van der Waals surface area contributed by atoms with E-state index < -0.39 is 0 Å². The number of aryl methyl sites for hydroxylation is 1. The summed E-state index contributed by atoms with van der Waals surface area (Å²) in [5, 5.41) is 3.93. The first-order valence-corrected chi connectivity index (χ1v) is 4.92. The van der Waals surface area contributed by atoms with Gasteiger partial charge in [-0.05, 0) is 23.8 Å². The van der Waals surface area contributed by atoms with E-state index >= 15 is 0 Å². The zero-order chi connectivity index (χ0) is 11.5. The lowest BCUT2D eigenvalue weighted by Gasteiger charge is -2.01. The van der Waals surface area contributed by atoms with Crippen molar-refractivity contribution in [3.8, 4) is 0 Å². The van der Waals surface area contributed by atoms with Crippen LogP contribution in [0.3, 0.4) is 0 Å². The molecular weight excluding hydrogens is 207 g/mol. The van der Waals surface area contributed by atoms with E-state index in [1.807, 2.05) is 0 Å². The van der Waals surface area contributed by atoms with E-state index in [0.29, 0.717) is 5.69 Å². The quantitative estimate of drug-likeness (QED) is 0.738. The van der Waals surface area contributed by atoms with Gasteiger partial charge in [0.15, 0.2) is 5.78 Å². The van der Waals surface area contributed by atoms with Crippen molar-refractivity contribution in [1.29, 1.82) is 0 Å². The number of hydrogen-bond acceptors (Lipinski definition) is 2. The molecule has 0 unspecified atom stereocenters. The molecule has 0 bridgehead atoms. The van der Waals surface area contributed by atoms with Crippen LogP contribution >= 0.6 is 0 Å². The molecule has 0 N–H and O–H groups in total. The predicted molar refractivity (Wildman–Crippen MR) is 57.6 cm³/mol. The Morgan fingerprint density at radius 2 is 2.00 bits per heavy atom. The number of carbonyl (C=O) groups is 1. The molecule has 1 aromatic heterocycles. The molecule has 1 heterocycles. The number of aromatic nitrogens is 2. The molecule has 3 nitrogen and oxygen atoms in total. The average molecular weight is 218 g/mol. The molecule has 0 aliphatic carbocycles. The molecule has 0 aliphatic rings. The van der Waals surface area contributed by atoms with Crippen molar-refractivity contribution in [1.82, 2.24) is 9.78 Å². The van der Waals surface area contributed by atoms with Gasteiger partial charge in [-0.2, -0.15) is 5.10 Å². The Morgan fingerprint density at radius 3 is 2.56 bits per heavy atom. The molecule has 0 atom stereocenters. The lowest BCUT2D eigenvalue weighted by Crippen LogP contribution is -2.09. The Hall–Kier alpha value is -1.97. The van der Waals surface area contributed by atoms with Crippen molar-refractivity contribution in [3.63, 3.8) is 0 Å². The van der Waals surface area contributed by atoms with Gasteiger partial charge in [-0.1, -0.05) is 12.1 Å². The van der Waals surface area contributed by atoms with Crippen molar-refractivity contribution in [2.45, 2.75) is 6.42 Å². The van der Waals surface area contributed by atoms with E-state index in [4.69, 9.17) is 0 Å². The number of rotatable bonds is 3. The molecule has 2 rings (SSSR count). The van der Waals surface area contributed by atoms with Gasteiger partial charge in [0.1, 0.15) is 11.5 Å². The van der Waals surface area contributed by atoms with Gasteiger partial charge in [0.05, 0.1) is 0 Å². The van der Waals surface area contributed by atoms with Crippen LogP contribution in [-0.4, -0.2) is 15.6 Å². The number of nitrogens with zero attached hydrogens (tertiary/aromatic N) is 2. The second-order valence-corrected chi connectivity index (χ2v) is 3.57. The van der Waals surface area contributed by atoms with Gasteiger partial charge in [-0.3, -0.25) is 9.48 Å². The van der Waals surface area contributed by atoms with Gasteiger partial charge in [0, 0.05) is 19.7 Å². The number of benzene rings is 1. The van der Waals surface area contributed by atoms with Gasteiger partial charge in [0.25, 0.3) is 0 Å². The minimum absolute atomic E-state index is 0.0217.